The van der Waals surface area contributed by atoms with E-state index in [0.29, 0.717) is 13.0 Å². The van der Waals surface area contributed by atoms with Crippen LogP contribution in [0.3, 0.4) is 0 Å². The first-order valence-corrected chi connectivity index (χ1v) is 8.74. The molecule has 5 heteroatoms. The molecule has 1 aliphatic carbocycles. The molecule has 1 aromatic rings. The van der Waals surface area contributed by atoms with E-state index in [1.165, 1.54) is 4.88 Å². The van der Waals surface area contributed by atoms with Gasteiger partial charge in [0.15, 0.2) is 0 Å². The molecule has 2 aliphatic rings. The Bertz CT molecular complexity index is 496. The fourth-order valence-corrected chi connectivity index (χ4v) is 3.80. The Morgan fingerprint density at radius 3 is 2.90 bits per heavy atom. The van der Waals surface area contributed by atoms with Gasteiger partial charge in [-0.2, -0.15) is 0 Å². The minimum Gasteiger partial charge on any atom is -0.356 e. The maximum atomic E-state index is 12.4. The van der Waals surface area contributed by atoms with Gasteiger partial charge in [-0.25, -0.2) is 0 Å². The number of rotatable bonds is 6. The van der Waals surface area contributed by atoms with Crippen LogP contribution in [0.25, 0.3) is 0 Å². The number of hydrogen-bond acceptors (Lipinski definition) is 3. The van der Waals surface area contributed by atoms with Crippen LogP contribution in [0.4, 0.5) is 0 Å². The van der Waals surface area contributed by atoms with Crippen LogP contribution in [0.1, 0.15) is 49.4 Å². The second-order valence-corrected chi connectivity index (χ2v) is 6.91. The first-order chi connectivity index (χ1) is 10.3. The highest BCUT2D eigenvalue weighted by Crippen LogP contribution is 2.34. The summed E-state index contributed by atoms with van der Waals surface area (Å²) in [6.45, 7) is 1.49. The fourth-order valence-electron chi connectivity index (χ4n) is 2.93. The number of carbonyl (C=O) groups excluding carboxylic acids is 2. The minimum absolute atomic E-state index is 0.167. The molecule has 0 radical (unpaired) electrons. The number of carbonyl (C=O) groups is 2. The van der Waals surface area contributed by atoms with Crippen LogP contribution in [0, 0.1) is 5.92 Å². The molecule has 1 aromatic heterocycles. The fraction of sp³-hybridized carbons (Fsp3) is 0.625. The summed E-state index contributed by atoms with van der Waals surface area (Å²) in [5.41, 5.74) is 0. The molecule has 2 amide bonds. The van der Waals surface area contributed by atoms with E-state index in [0.717, 1.165) is 38.6 Å². The van der Waals surface area contributed by atoms with E-state index in [9.17, 15) is 9.59 Å². The number of hydrogen-bond donors (Lipinski definition) is 1. The van der Waals surface area contributed by atoms with Crippen molar-refractivity contribution in [2.45, 2.75) is 44.6 Å². The zero-order valence-corrected chi connectivity index (χ0v) is 13.0. The zero-order valence-electron chi connectivity index (χ0n) is 12.2. The van der Waals surface area contributed by atoms with Crippen molar-refractivity contribution in [1.29, 1.82) is 0 Å². The average molecular weight is 306 g/mol. The summed E-state index contributed by atoms with van der Waals surface area (Å²) in [7, 11) is 0. The van der Waals surface area contributed by atoms with Crippen LogP contribution in [0.5, 0.6) is 0 Å². The summed E-state index contributed by atoms with van der Waals surface area (Å²) in [5.74, 6) is 0.647. The van der Waals surface area contributed by atoms with Crippen LogP contribution in [-0.2, 0) is 9.59 Å². The van der Waals surface area contributed by atoms with E-state index in [1.807, 2.05) is 11.0 Å². The predicted octanol–water partition coefficient (Wildman–Crippen LogP) is 2.72. The summed E-state index contributed by atoms with van der Waals surface area (Å²) >= 11 is 1.73. The quantitative estimate of drug-likeness (QED) is 0.822. The summed E-state index contributed by atoms with van der Waals surface area (Å²) in [5, 5.41) is 4.99. The number of nitrogens with one attached hydrogen (secondary N) is 1. The van der Waals surface area contributed by atoms with Crippen LogP contribution in [0.15, 0.2) is 17.5 Å². The maximum absolute atomic E-state index is 12.4. The highest BCUT2D eigenvalue weighted by atomic mass is 32.1. The summed E-state index contributed by atoms with van der Waals surface area (Å²) in [4.78, 5) is 27.2. The second kappa shape index (κ2) is 6.60. The Kier molecular flexibility index (Phi) is 4.58. The molecule has 4 nitrogen and oxygen atoms in total. The summed E-state index contributed by atoms with van der Waals surface area (Å²) in [6.07, 6.45) is 5.50. The topological polar surface area (TPSA) is 49.4 Å². The van der Waals surface area contributed by atoms with Crippen LogP contribution in [0.2, 0.25) is 0 Å². The Hall–Kier alpha value is -1.36. The first kappa shape index (κ1) is 14.6. The largest absolute Gasteiger partial charge is 0.356 e. The standard InChI is InChI=1S/C16H22N2O2S/c19-15(6-1-9-17-16(20)12-7-8-12)18-10-2-4-13(18)14-5-3-11-21-14/h3,5,11-13H,1-2,4,6-10H2,(H,17,20)/t13-/m1/s1. The number of likely N-dealkylation sites (tertiary alicyclic amines) is 1. The van der Waals surface area contributed by atoms with Gasteiger partial charge in [0.25, 0.3) is 0 Å². The van der Waals surface area contributed by atoms with Crippen molar-refractivity contribution in [1.82, 2.24) is 10.2 Å². The predicted molar refractivity (Wildman–Crippen MR) is 83.0 cm³/mol. The average Bonchev–Trinajstić information content (AvgIpc) is 3.01. The smallest absolute Gasteiger partial charge is 0.223 e. The van der Waals surface area contributed by atoms with Gasteiger partial charge < -0.3 is 10.2 Å². The molecular formula is C16H22N2O2S. The van der Waals surface area contributed by atoms with Crippen molar-refractivity contribution < 1.29 is 9.59 Å². The third kappa shape index (κ3) is 3.64. The summed E-state index contributed by atoms with van der Waals surface area (Å²) in [6, 6.07) is 4.45. The normalized spacial score (nSPS) is 21.5. The van der Waals surface area contributed by atoms with Gasteiger partial charge in [-0.3, -0.25) is 9.59 Å². The van der Waals surface area contributed by atoms with Crippen molar-refractivity contribution in [2.24, 2.45) is 5.92 Å². The van der Waals surface area contributed by atoms with Crippen molar-refractivity contribution in [2.75, 3.05) is 13.1 Å². The third-order valence-electron chi connectivity index (χ3n) is 4.26. The van der Waals surface area contributed by atoms with E-state index in [-0.39, 0.29) is 23.8 Å². The van der Waals surface area contributed by atoms with Gasteiger partial charge in [0.05, 0.1) is 6.04 Å². The van der Waals surface area contributed by atoms with Crippen molar-refractivity contribution in [3.05, 3.63) is 22.4 Å². The molecule has 0 aromatic carbocycles. The second-order valence-electron chi connectivity index (χ2n) is 5.93. The Balaban J connectivity index is 1.42. The molecule has 0 spiro atoms. The molecule has 1 aliphatic heterocycles. The van der Waals surface area contributed by atoms with Crippen molar-refractivity contribution in [3.8, 4) is 0 Å². The van der Waals surface area contributed by atoms with Crippen LogP contribution in [-0.4, -0.2) is 29.8 Å². The van der Waals surface area contributed by atoms with E-state index in [1.54, 1.807) is 11.3 Å². The van der Waals surface area contributed by atoms with E-state index >= 15 is 0 Å². The van der Waals surface area contributed by atoms with Crippen LogP contribution >= 0.6 is 11.3 Å². The molecule has 1 saturated carbocycles. The highest BCUT2D eigenvalue weighted by Gasteiger charge is 2.31. The van der Waals surface area contributed by atoms with Gasteiger partial charge in [-0.15, -0.1) is 11.3 Å². The van der Waals surface area contributed by atoms with Gasteiger partial charge in [-0.1, -0.05) is 6.07 Å². The van der Waals surface area contributed by atoms with Gasteiger partial charge in [0.2, 0.25) is 11.8 Å². The Morgan fingerprint density at radius 1 is 1.33 bits per heavy atom. The van der Waals surface area contributed by atoms with Crippen LogP contribution < -0.4 is 5.32 Å². The molecule has 2 fully saturated rings. The highest BCUT2D eigenvalue weighted by molar-refractivity contribution is 7.10. The zero-order chi connectivity index (χ0) is 14.7. The molecule has 1 saturated heterocycles. The number of thiophene rings is 1. The molecular weight excluding hydrogens is 284 g/mol. The first-order valence-electron chi connectivity index (χ1n) is 7.86. The molecule has 1 atom stereocenters. The number of amides is 2. The molecule has 21 heavy (non-hydrogen) atoms. The Labute approximate surface area is 129 Å². The molecule has 3 rings (SSSR count). The lowest BCUT2D eigenvalue weighted by Gasteiger charge is -2.24. The van der Waals surface area contributed by atoms with Crippen molar-refractivity contribution in [3.63, 3.8) is 0 Å². The van der Waals surface area contributed by atoms with Gasteiger partial charge in [0.1, 0.15) is 0 Å². The van der Waals surface area contributed by atoms with E-state index in [4.69, 9.17) is 0 Å². The molecule has 2 heterocycles. The monoisotopic (exact) mass is 306 g/mol. The number of nitrogens with zero attached hydrogens (tertiary/aromatic N) is 1. The van der Waals surface area contributed by atoms with Gasteiger partial charge in [0, 0.05) is 30.3 Å². The van der Waals surface area contributed by atoms with Gasteiger partial charge >= 0.3 is 0 Å². The molecule has 0 unspecified atom stereocenters. The lowest BCUT2D eigenvalue weighted by Crippen LogP contribution is -2.31. The lowest BCUT2D eigenvalue weighted by atomic mass is 10.1. The van der Waals surface area contributed by atoms with E-state index in [2.05, 4.69) is 16.8 Å². The lowest BCUT2D eigenvalue weighted by molar-refractivity contribution is -0.132. The summed E-state index contributed by atoms with van der Waals surface area (Å²) < 4.78 is 0. The molecule has 114 valence electrons. The maximum Gasteiger partial charge on any atom is 0.223 e. The SMILES string of the molecule is O=C(NCCCC(=O)N1CCC[C@@H]1c1cccs1)C1CC1. The minimum atomic E-state index is 0.167. The molecule has 1 N–H and O–H groups in total. The van der Waals surface area contributed by atoms with E-state index < -0.39 is 0 Å². The molecule has 0 bridgehead atoms. The van der Waals surface area contributed by atoms with Gasteiger partial charge in [-0.05, 0) is 43.6 Å². The third-order valence-corrected chi connectivity index (χ3v) is 5.23. The Morgan fingerprint density at radius 2 is 2.19 bits per heavy atom. The van der Waals surface area contributed by atoms with Crippen molar-refractivity contribution >= 4 is 23.2 Å².